The highest BCUT2D eigenvalue weighted by atomic mass is 35.5. The van der Waals surface area contributed by atoms with E-state index in [0.717, 1.165) is 31.1 Å². The Kier molecular flexibility index (Phi) is 6.38. The number of hydrogen-bond donors (Lipinski definition) is 1. The van der Waals surface area contributed by atoms with Crippen LogP contribution in [-0.2, 0) is 6.18 Å². The minimum absolute atomic E-state index is 0. The number of nitrogens with one attached hydrogen (secondary N) is 1. The summed E-state index contributed by atoms with van der Waals surface area (Å²) >= 11 is 0. The molecule has 3 nitrogen and oxygen atoms in total. The highest BCUT2D eigenvalue weighted by molar-refractivity contribution is 5.85. The third kappa shape index (κ3) is 3.98. The second-order valence-electron chi connectivity index (χ2n) is 5.49. The van der Waals surface area contributed by atoms with Gasteiger partial charge in [0.05, 0.1) is 14.2 Å². The largest absolute Gasteiger partial charge is 0.496 e. The smallest absolute Gasteiger partial charge is 0.420 e. The van der Waals surface area contributed by atoms with Gasteiger partial charge in [-0.25, -0.2) is 0 Å². The molecular formula is C15H21ClF3NO2. The van der Waals surface area contributed by atoms with Crippen molar-refractivity contribution in [1.29, 1.82) is 0 Å². The summed E-state index contributed by atoms with van der Waals surface area (Å²) in [5.74, 6) is 0.710. The highest BCUT2D eigenvalue weighted by Gasteiger charge is 2.36. The van der Waals surface area contributed by atoms with E-state index in [1.54, 1.807) is 0 Å². The minimum Gasteiger partial charge on any atom is -0.496 e. The molecule has 0 bridgehead atoms. The number of benzene rings is 1. The molecule has 2 unspecified atom stereocenters. The Morgan fingerprint density at radius 3 is 2.23 bits per heavy atom. The molecule has 22 heavy (non-hydrogen) atoms. The monoisotopic (exact) mass is 339 g/mol. The summed E-state index contributed by atoms with van der Waals surface area (Å²) < 4.78 is 49.2. The summed E-state index contributed by atoms with van der Waals surface area (Å²) in [5.41, 5.74) is -0.0381. The Labute approximate surface area is 134 Å². The highest BCUT2D eigenvalue weighted by Crippen LogP contribution is 2.43. The number of halogens is 4. The fourth-order valence-electron chi connectivity index (χ4n) is 2.86. The fraction of sp³-hybridized carbons (Fsp3) is 0.600. The zero-order valence-corrected chi connectivity index (χ0v) is 13.6. The van der Waals surface area contributed by atoms with E-state index in [1.165, 1.54) is 20.3 Å². The Balaban J connectivity index is 0.00000242. The molecule has 1 fully saturated rings. The summed E-state index contributed by atoms with van der Waals surface area (Å²) in [6.07, 6.45) is -3.55. The van der Waals surface area contributed by atoms with Crippen LogP contribution in [0.2, 0.25) is 0 Å². The first-order valence-electron chi connectivity index (χ1n) is 6.90. The molecule has 2 rings (SSSR count). The van der Waals surface area contributed by atoms with Crippen LogP contribution < -0.4 is 14.8 Å². The van der Waals surface area contributed by atoms with E-state index in [0.29, 0.717) is 5.92 Å². The summed E-state index contributed by atoms with van der Waals surface area (Å²) in [6.45, 7) is 3.78. The Bertz CT molecular complexity index is 508. The molecule has 0 amide bonds. The molecule has 1 saturated heterocycles. The van der Waals surface area contributed by atoms with Crippen molar-refractivity contribution >= 4 is 12.4 Å². The summed E-state index contributed by atoms with van der Waals surface area (Å²) in [5, 5.41) is 3.30. The van der Waals surface area contributed by atoms with Crippen LogP contribution in [-0.4, -0.2) is 27.3 Å². The lowest BCUT2D eigenvalue weighted by molar-refractivity contribution is -0.138. The van der Waals surface area contributed by atoms with Crippen LogP contribution in [0.3, 0.4) is 0 Å². The fourth-order valence-corrected chi connectivity index (χ4v) is 2.86. The van der Waals surface area contributed by atoms with Crippen LogP contribution in [0.1, 0.15) is 30.4 Å². The van der Waals surface area contributed by atoms with Crippen molar-refractivity contribution in [2.24, 2.45) is 5.92 Å². The Hall–Kier alpha value is -1.14. The molecule has 0 saturated carbocycles. The predicted molar refractivity (Wildman–Crippen MR) is 81.2 cm³/mol. The van der Waals surface area contributed by atoms with E-state index in [-0.39, 0.29) is 29.8 Å². The molecule has 2 atom stereocenters. The summed E-state index contributed by atoms with van der Waals surface area (Å²) in [4.78, 5) is 0. The average Bonchev–Trinajstić information content (AvgIpc) is 2.44. The first-order valence-corrected chi connectivity index (χ1v) is 6.90. The molecule has 1 aliphatic heterocycles. The van der Waals surface area contributed by atoms with Crippen molar-refractivity contribution < 1.29 is 22.6 Å². The van der Waals surface area contributed by atoms with Crippen molar-refractivity contribution in [3.8, 4) is 11.5 Å². The maximum atomic E-state index is 13.0. The van der Waals surface area contributed by atoms with Gasteiger partial charge in [0, 0.05) is 18.0 Å². The van der Waals surface area contributed by atoms with Crippen LogP contribution in [0.15, 0.2) is 12.1 Å². The lowest BCUT2D eigenvalue weighted by atomic mass is 9.85. The Morgan fingerprint density at radius 2 is 1.73 bits per heavy atom. The second-order valence-corrected chi connectivity index (χ2v) is 5.49. The molecule has 0 radical (unpaired) electrons. The normalized spacial score (nSPS) is 21.9. The second kappa shape index (κ2) is 7.42. The zero-order chi connectivity index (χ0) is 15.6. The van der Waals surface area contributed by atoms with Gasteiger partial charge in [-0.15, -0.1) is 12.4 Å². The summed E-state index contributed by atoms with van der Waals surface area (Å²) in [6, 6.07) is 2.50. The number of piperidine rings is 1. The first-order chi connectivity index (χ1) is 9.86. The van der Waals surface area contributed by atoms with Crippen molar-refractivity contribution in [3.05, 3.63) is 23.3 Å². The van der Waals surface area contributed by atoms with E-state index >= 15 is 0 Å². The third-order valence-corrected chi connectivity index (χ3v) is 3.87. The maximum absolute atomic E-state index is 13.0. The molecule has 1 aromatic rings. The van der Waals surface area contributed by atoms with Crippen LogP contribution in [0.5, 0.6) is 11.5 Å². The Morgan fingerprint density at radius 1 is 1.09 bits per heavy atom. The van der Waals surface area contributed by atoms with Gasteiger partial charge in [0.15, 0.2) is 0 Å². The molecule has 0 aliphatic carbocycles. The topological polar surface area (TPSA) is 30.5 Å². The minimum atomic E-state index is -4.46. The number of hydrogen-bond acceptors (Lipinski definition) is 3. The number of alkyl halides is 3. The SMILES string of the molecule is COc1cc(C(F)(F)F)c(OC)cc1C1CNCC(C)C1.Cl. The molecule has 0 spiro atoms. The van der Waals surface area contributed by atoms with Crippen LogP contribution in [0, 0.1) is 5.92 Å². The van der Waals surface area contributed by atoms with E-state index in [1.807, 2.05) is 0 Å². The average molecular weight is 340 g/mol. The van der Waals surface area contributed by atoms with Gasteiger partial charge in [-0.2, -0.15) is 13.2 Å². The van der Waals surface area contributed by atoms with Gasteiger partial charge in [-0.1, -0.05) is 6.92 Å². The molecule has 1 heterocycles. The van der Waals surface area contributed by atoms with Crippen molar-refractivity contribution in [1.82, 2.24) is 5.32 Å². The number of methoxy groups -OCH3 is 2. The number of ether oxygens (including phenoxy) is 2. The van der Waals surface area contributed by atoms with E-state index < -0.39 is 11.7 Å². The molecule has 7 heteroatoms. The molecule has 1 aliphatic rings. The molecule has 1 aromatic carbocycles. The van der Waals surface area contributed by atoms with Gasteiger partial charge in [0.1, 0.15) is 17.1 Å². The van der Waals surface area contributed by atoms with Gasteiger partial charge in [-0.05, 0) is 31.0 Å². The van der Waals surface area contributed by atoms with Crippen molar-refractivity contribution in [2.75, 3.05) is 27.3 Å². The molecular weight excluding hydrogens is 319 g/mol. The van der Waals surface area contributed by atoms with Gasteiger partial charge >= 0.3 is 6.18 Å². The van der Waals surface area contributed by atoms with E-state index in [4.69, 9.17) is 9.47 Å². The lowest BCUT2D eigenvalue weighted by Crippen LogP contribution is -2.34. The zero-order valence-electron chi connectivity index (χ0n) is 12.8. The van der Waals surface area contributed by atoms with Crippen LogP contribution in [0.4, 0.5) is 13.2 Å². The first kappa shape index (κ1) is 18.9. The van der Waals surface area contributed by atoms with Gasteiger partial charge in [-0.3, -0.25) is 0 Å². The third-order valence-electron chi connectivity index (χ3n) is 3.87. The van der Waals surface area contributed by atoms with Crippen molar-refractivity contribution in [2.45, 2.75) is 25.4 Å². The van der Waals surface area contributed by atoms with Crippen LogP contribution in [0.25, 0.3) is 0 Å². The van der Waals surface area contributed by atoms with Crippen molar-refractivity contribution in [3.63, 3.8) is 0 Å². The lowest BCUT2D eigenvalue weighted by Gasteiger charge is -2.29. The number of rotatable bonds is 3. The molecule has 1 N–H and O–H groups in total. The maximum Gasteiger partial charge on any atom is 0.420 e. The van der Waals surface area contributed by atoms with E-state index in [9.17, 15) is 13.2 Å². The van der Waals surface area contributed by atoms with Gasteiger partial charge < -0.3 is 14.8 Å². The molecule has 126 valence electrons. The van der Waals surface area contributed by atoms with Gasteiger partial charge in [0.2, 0.25) is 0 Å². The van der Waals surface area contributed by atoms with Crippen LogP contribution >= 0.6 is 12.4 Å². The predicted octanol–water partition coefficient (Wildman–Crippen LogP) is 3.86. The molecule has 0 aromatic heterocycles. The van der Waals surface area contributed by atoms with Gasteiger partial charge in [0.25, 0.3) is 0 Å². The quantitative estimate of drug-likeness (QED) is 0.907. The van der Waals surface area contributed by atoms with E-state index in [2.05, 4.69) is 12.2 Å². The standard InChI is InChI=1S/C15H20F3NO2.ClH/c1-9-4-10(8-19-7-9)11-5-14(21-3)12(15(16,17)18)6-13(11)20-2;/h5-6,9-10,19H,4,7-8H2,1-3H3;1H. The summed E-state index contributed by atoms with van der Waals surface area (Å²) in [7, 11) is 2.65.